The Bertz CT molecular complexity index is 955. The second-order valence-electron chi connectivity index (χ2n) is 6.79. The first-order chi connectivity index (χ1) is 13.0. The van der Waals surface area contributed by atoms with E-state index >= 15 is 0 Å². The van der Waals surface area contributed by atoms with Gasteiger partial charge in [-0.15, -0.1) is 10.2 Å². The molecule has 3 rings (SSSR count). The number of Topliss-reactive ketones (excluding diaryl/α,β-unsaturated/α-hetero) is 1. The molecule has 0 saturated heterocycles. The van der Waals surface area contributed by atoms with Crippen LogP contribution in [0.1, 0.15) is 33.1 Å². The Balaban J connectivity index is 1.93. The van der Waals surface area contributed by atoms with E-state index < -0.39 is 5.97 Å². The van der Waals surface area contributed by atoms with E-state index in [2.05, 4.69) is 24.0 Å². The summed E-state index contributed by atoms with van der Waals surface area (Å²) in [5, 5.41) is 9.22. The number of nitrogens with zero attached hydrogens (tertiary/aromatic N) is 3. The Labute approximate surface area is 157 Å². The maximum absolute atomic E-state index is 12.4. The molecule has 0 radical (unpaired) electrons. The van der Waals surface area contributed by atoms with E-state index in [1.807, 2.05) is 34.9 Å². The van der Waals surface area contributed by atoms with E-state index in [4.69, 9.17) is 9.15 Å². The lowest BCUT2D eigenvalue weighted by Gasteiger charge is -2.08. The highest BCUT2D eigenvalue weighted by Gasteiger charge is 2.20. The molecule has 0 atom stereocenters. The molecular formula is C20H23N3O4. The number of esters is 1. The van der Waals surface area contributed by atoms with Crippen molar-refractivity contribution in [3.63, 3.8) is 0 Å². The van der Waals surface area contributed by atoms with Gasteiger partial charge >= 0.3 is 5.97 Å². The number of hydrogen-bond donors (Lipinski definition) is 0. The maximum Gasteiger partial charge on any atom is 0.313 e. The van der Waals surface area contributed by atoms with Gasteiger partial charge in [0.05, 0.1) is 13.2 Å². The molecule has 7 nitrogen and oxygen atoms in total. The normalized spacial score (nSPS) is 11.3. The van der Waals surface area contributed by atoms with E-state index in [-0.39, 0.29) is 25.4 Å². The zero-order valence-corrected chi connectivity index (χ0v) is 15.8. The van der Waals surface area contributed by atoms with Crippen LogP contribution in [-0.2, 0) is 27.3 Å². The van der Waals surface area contributed by atoms with Gasteiger partial charge in [-0.1, -0.05) is 32.0 Å². The van der Waals surface area contributed by atoms with Crippen LogP contribution >= 0.6 is 0 Å². The van der Waals surface area contributed by atoms with Gasteiger partial charge in [-0.2, -0.15) is 0 Å². The summed E-state index contributed by atoms with van der Waals surface area (Å²) < 4.78 is 12.5. The molecule has 0 saturated carbocycles. The summed E-state index contributed by atoms with van der Waals surface area (Å²) in [5.74, 6) is 0.575. The first-order valence-electron chi connectivity index (χ1n) is 9.06. The summed E-state index contributed by atoms with van der Waals surface area (Å²) in [4.78, 5) is 24.0. The molecular weight excluding hydrogens is 346 g/mol. The van der Waals surface area contributed by atoms with Crippen LogP contribution < -0.4 is 0 Å². The quantitative estimate of drug-likeness (QED) is 0.447. The van der Waals surface area contributed by atoms with E-state index in [0.717, 1.165) is 10.9 Å². The van der Waals surface area contributed by atoms with Crippen LogP contribution in [0.4, 0.5) is 0 Å². The average molecular weight is 369 g/mol. The fourth-order valence-corrected chi connectivity index (χ4v) is 2.95. The Morgan fingerprint density at radius 1 is 1.22 bits per heavy atom. The predicted octanol–water partition coefficient (Wildman–Crippen LogP) is 3.41. The van der Waals surface area contributed by atoms with Crippen LogP contribution in [0.15, 0.2) is 34.7 Å². The first-order valence-corrected chi connectivity index (χ1v) is 9.06. The van der Waals surface area contributed by atoms with Crippen LogP contribution in [0.25, 0.3) is 22.5 Å². The van der Waals surface area contributed by atoms with Crippen LogP contribution in [0.5, 0.6) is 0 Å². The van der Waals surface area contributed by atoms with Crippen molar-refractivity contribution in [3.05, 3.63) is 36.2 Å². The lowest BCUT2D eigenvalue weighted by Crippen LogP contribution is -2.16. The van der Waals surface area contributed by atoms with Crippen molar-refractivity contribution in [1.29, 1.82) is 0 Å². The zero-order valence-electron chi connectivity index (χ0n) is 15.8. The van der Waals surface area contributed by atoms with Crippen molar-refractivity contribution in [3.8, 4) is 11.6 Å². The van der Waals surface area contributed by atoms with Crippen molar-refractivity contribution in [2.45, 2.75) is 40.2 Å². The number of para-hydroxylation sites is 1. The number of benzene rings is 1. The van der Waals surface area contributed by atoms with Crippen molar-refractivity contribution in [2.24, 2.45) is 5.92 Å². The molecule has 0 bridgehead atoms. The lowest BCUT2D eigenvalue weighted by molar-refractivity contribution is -0.145. The summed E-state index contributed by atoms with van der Waals surface area (Å²) in [5.41, 5.74) is 1.53. The van der Waals surface area contributed by atoms with Crippen LogP contribution in [0.3, 0.4) is 0 Å². The van der Waals surface area contributed by atoms with Gasteiger partial charge in [0, 0.05) is 17.3 Å². The highest BCUT2D eigenvalue weighted by Crippen LogP contribution is 2.28. The number of carbonyl (C=O) groups excluding carboxylic acids is 2. The number of carbonyl (C=O) groups is 2. The summed E-state index contributed by atoms with van der Waals surface area (Å²) in [6.45, 7) is 6.15. The SMILES string of the molecule is CCOC(=O)CC(=O)Cn1c(-c2nnc(CC(C)C)o2)cc2ccccc21. The summed E-state index contributed by atoms with van der Waals surface area (Å²) in [6.07, 6.45) is 0.428. The van der Waals surface area contributed by atoms with E-state index in [1.54, 1.807) is 6.92 Å². The zero-order chi connectivity index (χ0) is 19.4. The Morgan fingerprint density at radius 3 is 2.74 bits per heavy atom. The molecule has 27 heavy (non-hydrogen) atoms. The third kappa shape index (κ3) is 4.42. The van der Waals surface area contributed by atoms with Crippen molar-refractivity contribution < 1.29 is 18.7 Å². The second kappa shape index (κ2) is 8.16. The lowest BCUT2D eigenvalue weighted by atomic mass is 10.1. The van der Waals surface area contributed by atoms with Gasteiger partial charge in [-0.05, 0) is 25.0 Å². The van der Waals surface area contributed by atoms with Gasteiger partial charge < -0.3 is 13.7 Å². The van der Waals surface area contributed by atoms with Crippen LogP contribution in [0, 0.1) is 5.92 Å². The molecule has 0 aliphatic rings. The molecule has 0 aliphatic heterocycles. The summed E-state index contributed by atoms with van der Waals surface area (Å²) >= 11 is 0. The second-order valence-corrected chi connectivity index (χ2v) is 6.79. The van der Waals surface area contributed by atoms with Gasteiger partial charge in [-0.3, -0.25) is 9.59 Å². The van der Waals surface area contributed by atoms with Crippen LogP contribution in [0.2, 0.25) is 0 Å². The van der Waals surface area contributed by atoms with Crippen molar-refractivity contribution in [2.75, 3.05) is 6.61 Å². The Morgan fingerprint density at radius 2 is 2.00 bits per heavy atom. The van der Waals surface area contributed by atoms with Crippen molar-refractivity contribution >= 4 is 22.7 Å². The Kier molecular flexibility index (Phi) is 5.69. The minimum Gasteiger partial charge on any atom is -0.466 e. The topological polar surface area (TPSA) is 87.2 Å². The summed E-state index contributed by atoms with van der Waals surface area (Å²) in [6, 6.07) is 9.61. The molecule has 0 spiro atoms. The molecule has 2 aromatic heterocycles. The molecule has 0 N–H and O–H groups in total. The molecule has 1 aromatic carbocycles. The molecule has 0 unspecified atom stereocenters. The fraction of sp³-hybridized carbons (Fsp3) is 0.400. The number of rotatable bonds is 8. The van der Waals surface area contributed by atoms with E-state index in [0.29, 0.717) is 29.8 Å². The fourth-order valence-electron chi connectivity index (χ4n) is 2.95. The van der Waals surface area contributed by atoms with Crippen LogP contribution in [-0.4, -0.2) is 33.1 Å². The molecule has 0 aliphatic carbocycles. The molecule has 142 valence electrons. The van der Waals surface area contributed by atoms with E-state index in [9.17, 15) is 9.59 Å². The standard InChI is InChI=1S/C20H23N3O4/c1-4-26-19(25)11-15(24)12-23-16-8-6-5-7-14(16)10-17(23)20-22-21-18(27-20)9-13(2)3/h5-8,10,13H,4,9,11-12H2,1-3H3. The molecule has 7 heteroatoms. The molecule has 0 fully saturated rings. The smallest absolute Gasteiger partial charge is 0.313 e. The predicted molar refractivity (Wildman–Crippen MR) is 100 cm³/mol. The number of hydrogen-bond acceptors (Lipinski definition) is 6. The molecule has 0 amide bonds. The number of fused-ring (bicyclic) bond motifs is 1. The Hall–Kier alpha value is -2.96. The largest absolute Gasteiger partial charge is 0.466 e. The van der Waals surface area contributed by atoms with Gasteiger partial charge in [-0.25, -0.2) is 0 Å². The maximum atomic E-state index is 12.4. The number of ketones is 1. The molecule has 2 heterocycles. The van der Waals surface area contributed by atoms with Gasteiger partial charge in [0.15, 0.2) is 5.78 Å². The van der Waals surface area contributed by atoms with Gasteiger partial charge in [0.1, 0.15) is 12.1 Å². The minimum atomic E-state index is -0.516. The highest BCUT2D eigenvalue weighted by atomic mass is 16.5. The number of aromatic nitrogens is 3. The molecule has 3 aromatic rings. The number of ether oxygens (including phenoxy) is 1. The van der Waals surface area contributed by atoms with Gasteiger partial charge in [0.25, 0.3) is 5.89 Å². The van der Waals surface area contributed by atoms with Crippen molar-refractivity contribution in [1.82, 2.24) is 14.8 Å². The first kappa shape index (κ1) is 18.8. The van der Waals surface area contributed by atoms with Gasteiger partial charge in [0.2, 0.25) is 5.89 Å². The highest BCUT2D eigenvalue weighted by molar-refractivity contribution is 5.97. The monoisotopic (exact) mass is 369 g/mol. The summed E-state index contributed by atoms with van der Waals surface area (Å²) in [7, 11) is 0. The minimum absolute atomic E-state index is 0.0313. The van der Waals surface area contributed by atoms with E-state index in [1.165, 1.54) is 0 Å². The third-order valence-electron chi connectivity index (χ3n) is 4.06. The third-order valence-corrected chi connectivity index (χ3v) is 4.06. The average Bonchev–Trinajstić information content (AvgIpc) is 3.19.